The van der Waals surface area contributed by atoms with E-state index in [4.69, 9.17) is 11.6 Å². The van der Waals surface area contributed by atoms with Crippen molar-refractivity contribution < 1.29 is 82.3 Å². The van der Waals surface area contributed by atoms with Crippen molar-refractivity contribution in [1.29, 1.82) is 0 Å². The molecule has 3 fully saturated rings. The van der Waals surface area contributed by atoms with Crippen molar-refractivity contribution in [3.8, 4) is 0 Å². The molecule has 0 aromatic heterocycles. The van der Waals surface area contributed by atoms with E-state index in [0.717, 1.165) is 86.6 Å². The van der Waals surface area contributed by atoms with Crippen LogP contribution in [0.2, 0.25) is 0 Å². The van der Waals surface area contributed by atoms with Gasteiger partial charge in [-0.2, -0.15) is 0 Å². The first-order valence-corrected chi connectivity index (χ1v) is 26.5. The van der Waals surface area contributed by atoms with E-state index in [0.29, 0.717) is 34.3 Å². The first kappa shape index (κ1) is 78.6. The Balaban J connectivity index is 0.000000624. The Morgan fingerprint density at radius 3 is 1.06 bits per heavy atom. The van der Waals surface area contributed by atoms with Crippen molar-refractivity contribution in [2.24, 2.45) is 0 Å². The Kier molecular flexibility index (Phi) is 34.3. The third-order valence-electron chi connectivity index (χ3n) is 12.3. The molecule has 5 aromatic carbocycles. The number of carbonyl (C=O) groups excluding carboxylic acids is 8. The SMILES string of the molecule is C.C.CN(C)C(=O)CCC(=O)Cl.CN(C)C(=O)CCC(=O)N1C/C(=C\c2ccc(F)c(F)c2)C(=O)/C(=C/c2ccc(F)c(F)c2)C1.Cl.O=C1/C(=C/c2ccc(F)c(F)c2)CNC/C1=C\c1ccc(F)c(F)c1.O=C1CCNCC1.O=Cc1ccc(F)c(F)c1. The standard InChI is InChI=1S/C25H22F4N2O3.C19H13F4NO.C7H4F2O.C6H10ClNO2.C5H9NO.2CH4.ClH/c1-30(2)23(32)7-8-24(33)31-13-17(9-15-3-5-19(26)21(28)11-15)25(34)18(14-31)10-16-4-6-20(27)22(29)12-16;20-15-3-1-11(7-17(15)22)5-13-9-24-10-14(19(13)25)6-12-2-4-16(21)18(23)8-12;8-6-2-1-5(4-10)3-7(6)9;1-8(2)6(10)4-3-5(7)9;7-5-1-3-6-4-2-5;;;/h3-6,9-12H,7-8,13-14H2,1-2H3;1-8,24H,9-10H2;1-4H;3-4H2,1-2H3;6H,1-4H2;2*1H4;1H/b17-9+,18-10+;13-5+,14-6+;;;;;;. The Bertz CT molecular complexity index is 3310. The van der Waals surface area contributed by atoms with Crippen LogP contribution >= 0.6 is 24.0 Å². The third kappa shape index (κ3) is 26.5. The lowest BCUT2D eigenvalue weighted by molar-refractivity contribution is -0.136. The van der Waals surface area contributed by atoms with Gasteiger partial charge in [0.2, 0.25) is 23.0 Å². The van der Waals surface area contributed by atoms with Crippen LogP contribution in [-0.2, 0) is 33.6 Å². The number of hydrogen-bond acceptors (Lipinski definition) is 10. The van der Waals surface area contributed by atoms with Gasteiger partial charge >= 0.3 is 0 Å². The third-order valence-corrected chi connectivity index (χ3v) is 12.5. The summed E-state index contributed by atoms with van der Waals surface area (Å²) in [6.45, 7) is 2.10. The summed E-state index contributed by atoms with van der Waals surface area (Å²) in [6.07, 6.45) is 7.76. The van der Waals surface area contributed by atoms with Gasteiger partial charge in [0.15, 0.2) is 69.7 Å². The van der Waals surface area contributed by atoms with Gasteiger partial charge in [0, 0.05) is 134 Å². The Hall–Kier alpha value is -8.38. The molecule has 3 saturated heterocycles. The first-order chi connectivity index (χ1) is 40.6. The molecule has 0 aliphatic carbocycles. The van der Waals surface area contributed by atoms with Gasteiger partial charge in [-0.3, -0.25) is 38.4 Å². The molecule has 3 heterocycles. The quantitative estimate of drug-likeness (QED) is 0.0561. The number of hydrogen-bond donors (Lipinski definition) is 2. The number of Topliss-reactive ketones (excluding diaryl/α,β-unsaturated/α-hetero) is 3. The van der Waals surface area contributed by atoms with Crippen LogP contribution in [0.15, 0.2) is 113 Å². The number of carbonyl (C=O) groups is 8. The van der Waals surface area contributed by atoms with Crippen LogP contribution in [0.25, 0.3) is 24.3 Å². The molecule has 0 unspecified atom stereocenters. The average Bonchev–Trinajstić information content (AvgIpc) is 3.61. The van der Waals surface area contributed by atoms with E-state index in [1.807, 2.05) is 0 Å². The van der Waals surface area contributed by atoms with Gasteiger partial charge in [0.05, 0.1) is 0 Å². The summed E-state index contributed by atoms with van der Waals surface area (Å²) in [7, 11) is 6.41. The Morgan fingerprint density at radius 2 is 0.764 bits per heavy atom. The highest BCUT2D eigenvalue weighted by Crippen LogP contribution is 2.25. The van der Waals surface area contributed by atoms with E-state index in [1.54, 1.807) is 28.2 Å². The topological polar surface area (TPSA) is 170 Å². The Morgan fingerprint density at radius 1 is 0.461 bits per heavy atom. The minimum absolute atomic E-state index is 0. The predicted molar refractivity (Wildman–Crippen MR) is 323 cm³/mol. The monoisotopic (exact) mass is 1290 g/mol. The molecule has 13 nitrogen and oxygen atoms in total. The molecular formula is C64H67Cl2F10N5O8. The summed E-state index contributed by atoms with van der Waals surface area (Å²) in [4.78, 5) is 95.7. The summed E-state index contributed by atoms with van der Waals surface area (Å²) in [5.74, 6) is -11.2. The van der Waals surface area contributed by atoms with E-state index in [1.165, 1.54) is 69.3 Å². The molecule has 3 amide bonds. The molecule has 0 saturated carbocycles. The number of halogens is 12. The maximum Gasteiger partial charge on any atom is 0.223 e. The summed E-state index contributed by atoms with van der Waals surface area (Å²) in [5.41, 5.74) is 2.27. The van der Waals surface area contributed by atoms with Gasteiger partial charge in [0.1, 0.15) is 12.1 Å². The van der Waals surface area contributed by atoms with E-state index in [2.05, 4.69) is 10.6 Å². The zero-order valence-electron chi connectivity index (χ0n) is 47.2. The molecule has 2 N–H and O–H groups in total. The molecule has 25 heteroatoms. The smallest absolute Gasteiger partial charge is 0.223 e. The molecule has 5 aromatic rings. The second-order valence-corrected chi connectivity index (χ2v) is 19.8. The molecule has 480 valence electrons. The van der Waals surface area contributed by atoms with Crippen molar-refractivity contribution in [2.45, 2.75) is 53.4 Å². The van der Waals surface area contributed by atoms with Gasteiger partial charge in [-0.1, -0.05) is 39.1 Å². The maximum atomic E-state index is 13.6. The number of piperidine rings is 3. The lowest BCUT2D eigenvalue weighted by Crippen LogP contribution is -2.42. The molecule has 0 bridgehead atoms. The second kappa shape index (κ2) is 38.8. The molecule has 0 radical (unpaired) electrons. The normalized spacial score (nSPS) is 15.2. The molecule has 3 aliphatic heterocycles. The van der Waals surface area contributed by atoms with E-state index in [-0.39, 0.29) is 125 Å². The van der Waals surface area contributed by atoms with Crippen molar-refractivity contribution in [2.75, 3.05) is 67.5 Å². The molecule has 0 spiro atoms. The van der Waals surface area contributed by atoms with Crippen LogP contribution in [0, 0.1) is 58.2 Å². The highest BCUT2D eigenvalue weighted by molar-refractivity contribution is 6.63. The molecular weight excluding hydrogens is 1230 g/mol. The van der Waals surface area contributed by atoms with Crippen LogP contribution < -0.4 is 10.6 Å². The number of rotatable bonds is 11. The molecule has 89 heavy (non-hydrogen) atoms. The number of likely N-dealkylation sites (tertiary alicyclic amines) is 1. The minimum Gasteiger partial charge on any atom is -0.349 e. The maximum absolute atomic E-state index is 13.6. The lowest BCUT2D eigenvalue weighted by atomic mass is 9.94. The van der Waals surface area contributed by atoms with E-state index >= 15 is 0 Å². The summed E-state index contributed by atoms with van der Waals surface area (Å²) in [6, 6.07) is 15.9. The number of amides is 3. The first-order valence-electron chi connectivity index (χ1n) is 26.1. The van der Waals surface area contributed by atoms with Crippen molar-refractivity contribution in [1.82, 2.24) is 25.3 Å². The number of aldehydes is 1. The minimum atomic E-state index is -1.09. The highest BCUT2D eigenvalue weighted by Gasteiger charge is 2.30. The average molecular weight is 1300 g/mol. The van der Waals surface area contributed by atoms with Crippen molar-refractivity contribution in [3.63, 3.8) is 0 Å². The molecule has 3 aliphatic rings. The number of nitrogens with zero attached hydrogens (tertiary/aromatic N) is 3. The van der Waals surface area contributed by atoms with Crippen molar-refractivity contribution in [3.05, 3.63) is 199 Å². The van der Waals surface area contributed by atoms with Gasteiger partial charge in [0.25, 0.3) is 0 Å². The van der Waals surface area contributed by atoms with Gasteiger partial charge in [-0.25, -0.2) is 43.9 Å². The summed E-state index contributed by atoms with van der Waals surface area (Å²) < 4.78 is 131. The second-order valence-electron chi connectivity index (χ2n) is 19.4. The predicted octanol–water partition coefficient (Wildman–Crippen LogP) is 11.9. The molecule has 8 rings (SSSR count). The van der Waals surface area contributed by atoms with E-state index < -0.39 is 75.1 Å². The molecule has 0 atom stereocenters. The van der Waals surface area contributed by atoms with Crippen LogP contribution in [0.4, 0.5) is 43.9 Å². The summed E-state index contributed by atoms with van der Waals surface area (Å²) >= 11 is 5.02. The van der Waals surface area contributed by atoms with Gasteiger partial charge in [-0.15, -0.1) is 12.4 Å². The zero-order valence-corrected chi connectivity index (χ0v) is 48.8. The summed E-state index contributed by atoms with van der Waals surface area (Å²) in [5, 5.41) is 5.65. The van der Waals surface area contributed by atoms with Crippen LogP contribution in [-0.4, -0.2) is 129 Å². The fourth-order valence-corrected chi connectivity index (χ4v) is 7.77. The fraction of sp³-hybridized carbons (Fsp3) is 0.281. The fourth-order valence-electron chi connectivity index (χ4n) is 7.68. The van der Waals surface area contributed by atoms with Crippen LogP contribution in [0.1, 0.15) is 86.0 Å². The zero-order chi connectivity index (χ0) is 63.8. The Labute approximate surface area is 520 Å². The van der Waals surface area contributed by atoms with Crippen LogP contribution in [0.3, 0.4) is 0 Å². The van der Waals surface area contributed by atoms with Crippen molar-refractivity contribution >= 4 is 94.9 Å². The van der Waals surface area contributed by atoms with E-state index in [9.17, 15) is 82.3 Å². The highest BCUT2D eigenvalue weighted by atomic mass is 35.5. The van der Waals surface area contributed by atoms with Crippen LogP contribution in [0.5, 0.6) is 0 Å². The number of ketones is 3. The number of benzene rings is 5. The number of nitrogens with one attached hydrogen (secondary N) is 2. The lowest BCUT2D eigenvalue weighted by Gasteiger charge is -2.30. The van der Waals surface area contributed by atoms with Gasteiger partial charge < -0.3 is 25.3 Å². The van der Waals surface area contributed by atoms with Gasteiger partial charge in [-0.05, 0) is 125 Å². The largest absolute Gasteiger partial charge is 0.349 e.